The minimum absolute atomic E-state index is 0.0608. The molecule has 31 heavy (non-hydrogen) atoms. The Hall–Kier alpha value is -2.68. The van der Waals surface area contributed by atoms with Crippen LogP contribution in [0.4, 0.5) is 5.82 Å². The summed E-state index contributed by atoms with van der Waals surface area (Å²) in [5.41, 5.74) is 7.95. The Labute approximate surface area is 187 Å². The van der Waals surface area contributed by atoms with Crippen molar-refractivity contribution in [2.45, 2.75) is 58.9 Å². The molecule has 1 saturated heterocycles. The van der Waals surface area contributed by atoms with Crippen molar-refractivity contribution in [1.82, 2.24) is 30.4 Å². The highest BCUT2D eigenvalue weighted by Crippen LogP contribution is 2.27. The summed E-state index contributed by atoms with van der Waals surface area (Å²) in [6.07, 6.45) is 5.97. The van der Waals surface area contributed by atoms with Crippen LogP contribution in [-0.4, -0.2) is 56.0 Å². The molecule has 10 heteroatoms. The number of aryl methyl sites for hydroxylation is 2. The van der Waals surface area contributed by atoms with Gasteiger partial charge < -0.3 is 16.0 Å². The molecule has 0 radical (unpaired) electrons. The summed E-state index contributed by atoms with van der Waals surface area (Å²) in [5, 5.41) is 9.79. The van der Waals surface area contributed by atoms with Gasteiger partial charge in [-0.2, -0.15) is 5.10 Å². The standard InChI is InChI=1S/C21H30ClN7O2/c1-12-17(11-24-28-12)20(30)25-13(2)21(31)29-9-4-5-15(8-10-29)6-7-16-18(22)26-14(3)27-19(16)23/h11,13,15H,4-10H2,1-3H3,(H,24,28)(H,25,30)(H2,23,26,27). The second kappa shape index (κ2) is 10.1. The maximum Gasteiger partial charge on any atom is 0.255 e. The largest absolute Gasteiger partial charge is 0.383 e. The number of carbonyl (C=O) groups is 2. The molecular weight excluding hydrogens is 418 g/mol. The van der Waals surface area contributed by atoms with Gasteiger partial charge in [0, 0.05) is 24.3 Å². The van der Waals surface area contributed by atoms with E-state index in [1.165, 1.54) is 6.20 Å². The fourth-order valence-electron chi connectivity index (χ4n) is 4.03. The number of nitrogens with two attached hydrogens (primary N) is 1. The maximum absolute atomic E-state index is 12.9. The van der Waals surface area contributed by atoms with Crippen LogP contribution in [0.25, 0.3) is 0 Å². The van der Waals surface area contributed by atoms with Crippen LogP contribution < -0.4 is 11.1 Å². The van der Waals surface area contributed by atoms with Crippen molar-refractivity contribution < 1.29 is 9.59 Å². The van der Waals surface area contributed by atoms with Gasteiger partial charge in [0.2, 0.25) is 5.91 Å². The fourth-order valence-corrected chi connectivity index (χ4v) is 4.34. The summed E-state index contributed by atoms with van der Waals surface area (Å²) in [5.74, 6) is 1.12. The minimum Gasteiger partial charge on any atom is -0.383 e. The number of halogens is 1. The number of H-pyrrole nitrogens is 1. The quantitative estimate of drug-likeness (QED) is 0.583. The van der Waals surface area contributed by atoms with Gasteiger partial charge in [0.05, 0.1) is 11.8 Å². The van der Waals surface area contributed by atoms with Crippen molar-refractivity contribution in [3.8, 4) is 0 Å². The predicted octanol–water partition coefficient (Wildman–Crippen LogP) is 2.43. The van der Waals surface area contributed by atoms with Crippen LogP contribution in [0, 0.1) is 19.8 Å². The summed E-state index contributed by atoms with van der Waals surface area (Å²) in [6, 6.07) is -0.596. The lowest BCUT2D eigenvalue weighted by molar-refractivity contribution is -0.132. The minimum atomic E-state index is -0.596. The van der Waals surface area contributed by atoms with E-state index >= 15 is 0 Å². The first kappa shape index (κ1) is 23.0. The molecule has 0 spiro atoms. The van der Waals surface area contributed by atoms with Crippen LogP contribution >= 0.6 is 11.6 Å². The van der Waals surface area contributed by atoms with Gasteiger partial charge in [-0.05, 0) is 58.8 Å². The van der Waals surface area contributed by atoms with E-state index in [0.29, 0.717) is 47.1 Å². The second-order valence-electron chi connectivity index (χ2n) is 8.19. The van der Waals surface area contributed by atoms with Crippen LogP contribution in [-0.2, 0) is 11.2 Å². The van der Waals surface area contributed by atoms with Gasteiger partial charge in [-0.25, -0.2) is 9.97 Å². The number of likely N-dealkylation sites (tertiary alicyclic amines) is 1. The second-order valence-corrected chi connectivity index (χ2v) is 8.55. The van der Waals surface area contributed by atoms with Crippen LogP contribution in [0.5, 0.6) is 0 Å². The van der Waals surface area contributed by atoms with E-state index < -0.39 is 6.04 Å². The first-order valence-corrected chi connectivity index (χ1v) is 11.0. The Morgan fingerprint density at radius 3 is 2.77 bits per heavy atom. The molecular formula is C21H30ClN7O2. The molecule has 1 aliphatic heterocycles. The van der Waals surface area contributed by atoms with Gasteiger partial charge in [-0.1, -0.05) is 11.6 Å². The van der Waals surface area contributed by atoms with Gasteiger partial charge in [0.15, 0.2) is 0 Å². The number of nitrogens with one attached hydrogen (secondary N) is 2. The van der Waals surface area contributed by atoms with Gasteiger partial charge in [0.1, 0.15) is 22.8 Å². The Bertz CT molecular complexity index is 923. The highest BCUT2D eigenvalue weighted by Gasteiger charge is 2.26. The molecule has 2 amide bonds. The maximum atomic E-state index is 12.9. The van der Waals surface area contributed by atoms with Gasteiger partial charge in [-0.3, -0.25) is 14.7 Å². The molecule has 2 aromatic heterocycles. The number of nitrogen functional groups attached to an aromatic ring is 1. The summed E-state index contributed by atoms with van der Waals surface area (Å²) >= 11 is 6.25. The summed E-state index contributed by atoms with van der Waals surface area (Å²) in [4.78, 5) is 35.5. The molecule has 4 N–H and O–H groups in total. The molecule has 2 unspecified atom stereocenters. The molecule has 0 aliphatic carbocycles. The molecule has 1 fully saturated rings. The van der Waals surface area contributed by atoms with Gasteiger partial charge in [-0.15, -0.1) is 0 Å². The molecule has 3 rings (SSSR count). The van der Waals surface area contributed by atoms with E-state index in [1.54, 1.807) is 20.8 Å². The summed E-state index contributed by atoms with van der Waals surface area (Å²) in [6.45, 7) is 6.62. The number of aromatic amines is 1. The molecule has 0 bridgehead atoms. The van der Waals surface area contributed by atoms with Gasteiger partial charge >= 0.3 is 0 Å². The number of hydrogen-bond donors (Lipinski definition) is 3. The normalized spacial score (nSPS) is 17.8. The highest BCUT2D eigenvalue weighted by molar-refractivity contribution is 6.30. The fraction of sp³-hybridized carbons (Fsp3) is 0.571. The molecule has 0 saturated carbocycles. The zero-order chi connectivity index (χ0) is 22.5. The van der Waals surface area contributed by atoms with E-state index in [9.17, 15) is 9.59 Å². The molecule has 2 atom stereocenters. The molecule has 0 aromatic carbocycles. The van der Waals surface area contributed by atoms with Crippen molar-refractivity contribution in [2.24, 2.45) is 5.92 Å². The lowest BCUT2D eigenvalue weighted by atomic mass is 9.93. The highest BCUT2D eigenvalue weighted by atomic mass is 35.5. The predicted molar refractivity (Wildman–Crippen MR) is 119 cm³/mol. The topological polar surface area (TPSA) is 130 Å². The third-order valence-electron chi connectivity index (χ3n) is 5.85. The SMILES string of the molecule is Cc1nc(N)c(CCC2CCCN(C(=O)C(C)NC(=O)c3cn[nH]c3C)CC2)c(Cl)n1. The van der Waals surface area contributed by atoms with E-state index in [0.717, 1.165) is 37.7 Å². The number of anilines is 1. The van der Waals surface area contributed by atoms with E-state index in [2.05, 4.69) is 25.5 Å². The number of rotatable bonds is 6. The van der Waals surface area contributed by atoms with Crippen molar-refractivity contribution in [1.29, 1.82) is 0 Å². The van der Waals surface area contributed by atoms with Crippen molar-refractivity contribution in [3.05, 3.63) is 34.0 Å². The van der Waals surface area contributed by atoms with Crippen molar-refractivity contribution >= 4 is 29.2 Å². The number of nitrogens with zero attached hydrogens (tertiary/aromatic N) is 4. The summed E-state index contributed by atoms with van der Waals surface area (Å²) < 4.78 is 0. The average Bonchev–Trinajstić information content (AvgIpc) is 3.00. The molecule has 9 nitrogen and oxygen atoms in total. The van der Waals surface area contributed by atoms with E-state index in [1.807, 2.05) is 4.90 Å². The van der Waals surface area contributed by atoms with Crippen molar-refractivity contribution in [2.75, 3.05) is 18.8 Å². The summed E-state index contributed by atoms with van der Waals surface area (Å²) in [7, 11) is 0. The van der Waals surface area contributed by atoms with E-state index in [4.69, 9.17) is 17.3 Å². The Kier molecular flexibility index (Phi) is 7.48. The zero-order valence-corrected chi connectivity index (χ0v) is 19.0. The van der Waals surface area contributed by atoms with Crippen LogP contribution in [0.1, 0.15) is 60.0 Å². The monoisotopic (exact) mass is 447 g/mol. The smallest absolute Gasteiger partial charge is 0.255 e. The third kappa shape index (κ3) is 5.72. The Morgan fingerprint density at radius 2 is 2.10 bits per heavy atom. The van der Waals surface area contributed by atoms with E-state index in [-0.39, 0.29) is 11.8 Å². The molecule has 168 valence electrons. The molecule has 3 heterocycles. The first-order chi connectivity index (χ1) is 14.8. The van der Waals surface area contributed by atoms with Crippen LogP contribution in [0.2, 0.25) is 5.15 Å². The number of amides is 2. The molecule has 1 aliphatic rings. The van der Waals surface area contributed by atoms with Crippen LogP contribution in [0.3, 0.4) is 0 Å². The van der Waals surface area contributed by atoms with Crippen molar-refractivity contribution in [3.63, 3.8) is 0 Å². The number of carbonyl (C=O) groups excluding carboxylic acids is 2. The zero-order valence-electron chi connectivity index (χ0n) is 18.2. The lowest BCUT2D eigenvalue weighted by Crippen LogP contribution is -2.47. The number of hydrogen-bond acceptors (Lipinski definition) is 6. The first-order valence-electron chi connectivity index (χ1n) is 10.6. The van der Waals surface area contributed by atoms with Crippen LogP contribution in [0.15, 0.2) is 6.20 Å². The molecule has 2 aromatic rings. The Morgan fingerprint density at radius 1 is 1.32 bits per heavy atom. The average molecular weight is 448 g/mol. The number of aromatic nitrogens is 4. The third-order valence-corrected chi connectivity index (χ3v) is 6.17. The van der Waals surface area contributed by atoms with Gasteiger partial charge in [0.25, 0.3) is 5.91 Å². The Balaban J connectivity index is 1.51. The lowest BCUT2D eigenvalue weighted by Gasteiger charge is -2.25.